The first-order valence-electron chi connectivity index (χ1n) is 10.4. The number of aromatic nitrogens is 2. The van der Waals surface area contributed by atoms with Gasteiger partial charge in [0.1, 0.15) is 0 Å². The number of carbonyl (C=O) groups is 1. The molecule has 3 heterocycles. The molecular formula is C22H30N4O3. The smallest absolute Gasteiger partial charge is 0.275 e. The highest BCUT2D eigenvalue weighted by Crippen LogP contribution is 2.32. The maximum Gasteiger partial charge on any atom is 0.275 e. The van der Waals surface area contributed by atoms with Crippen molar-refractivity contribution in [1.82, 2.24) is 19.6 Å². The number of likely N-dealkylation sites (tertiary alicyclic amines) is 1. The largest absolute Gasteiger partial charge is 0.393 e. The quantitative estimate of drug-likeness (QED) is 0.850. The van der Waals surface area contributed by atoms with Crippen LogP contribution in [0, 0.1) is 6.92 Å². The highest BCUT2D eigenvalue weighted by Gasteiger charge is 2.38. The topological polar surface area (TPSA) is 70.8 Å². The average Bonchev–Trinajstić information content (AvgIpc) is 3.08. The number of rotatable bonds is 4. The van der Waals surface area contributed by atoms with E-state index in [-0.39, 0.29) is 24.2 Å². The van der Waals surface area contributed by atoms with E-state index in [0.717, 1.165) is 43.7 Å². The summed E-state index contributed by atoms with van der Waals surface area (Å²) in [6, 6.07) is 11.8. The van der Waals surface area contributed by atoms with E-state index >= 15 is 0 Å². The molecule has 0 aliphatic carbocycles. The van der Waals surface area contributed by atoms with Crippen LogP contribution in [0.4, 0.5) is 0 Å². The molecule has 1 aromatic heterocycles. The van der Waals surface area contributed by atoms with Gasteiger partial charge in [-0.3, -0.25) is 9.48 Å². The molecule has 1 amide bonds. The van der Waals surface area contributed by atoms with E-state index in [1.807, 2.05) is 43.1 Å². The minimum atomic E-state index is -0.200. The summed E-state index contributed by atoms with van der Waals surface area (Å²) < 4.78 is 7.93. The van der Waals surface area contributed by atoms with Gasteiger partial charge in [0.2, 0.25) is 0 Å². The summed E-state index contributed by atoms with van der Waals surface area (Å²) in [7, 11) is 1.85. The second-order valence-corrected chi connectivity index (χ2v) is 8.09. The van der Waals surface area contributed by atoms with Crippen LogP contribution in [0.15, 0.2) is 36.4 Å². The number of amides is 1. The number of aliphatic hydroxyl groups is 1. The molecule has 2 aromatic rings. The number of aliphatic hydroxyl groups excluding tert-OH is 1. The molecule has 1 aromatic carbocycles. The van der Waals surface area contributed by atoms with E-state index in [0.29, 0.717) is 18.8 Å². The number of benzene rings is 1. The molecular weight excluding hydrogens is 368 g/mol. The molecule has 0 radical (unpaired) electrons. The molecule has 7 nitrogen and oxygen atoms in total. The first-order valence-corrected chi connectivity index (χ1v) is 10.4. The van der Waals surface area contributed by atoms with Crippen LogP contribution in [0.1, 0.15) is 40.6 Å². The molecule has 29 heavy (non-hydrogen) atoms. The molecule has 2 aliphatic heterocycles. The molecule has 0 saturated carbocycles. The number of aryl methyl sites for hydroxylation is 2. The van der Waals surface area contributed by atoms with Crippen molar-refractivity contribution in [2.24, 2.45) is 7.05 Å². The Morgan fingerprint density at radius 3 is 2.59 bits per heavy atom. The highest BCUT2D eigenvalue weighted by molar-refractivity contribution is 5.92. The first kappa shape index (κ1) is 20.1. The van der Waals surface area contributed by atoms with Gasteiger partial charge in [0.15, 0.2) is 5.69 Å². The number of carbonyl (C=O) groups excluding carboxylic acids is 1. The maximum atomic E-state index is 13.4. The van der Waals surface area contributed by atoms with Gasteiger partial charge in [-0.2, -0.15) is 5.10 Å². The van der Waals surface area contributed by atoms with Crippen LogP contribution in [0.2, 0.25) is 0 Å². The Morgan fingerprint density at radius 1 is 1.21 bits per heavy atom. The van der Waals surface area contributed by atoms with Crippen molar-refractivity contribution >= 4 is 5.91 Å². The lowest BCUT2D eigenvalue weighted by atomic mass is 9.96. The van der Waals surface area contributed by atoms with E-state index in [1.165, 1.54) is 0 Å². The fraction of sp³-hybridized carbons (Fsp3) is 0.545. The second kappa shape index (κ2) is 8.65. The van der Waals surface area contributed by atoms with Crippen molar-refractivity contribution in [3.05, 3.63) is 53.3 Å². The highest BCUT2D eigenvalue weighted by atomic mass is 16.5. The number of piperidine rings is 1. The van der Waals surface area contributed by atoms with Crippen LogP contribution in [0.5, 0.6) is 0 Å². The van der Waals surface area contributed by atoms with E-state index in [9.17, 15) is 9.90 Å². The van der Waals surface area contributed by atoms with Crippen LogP contribution in [-0.2, 0) is 11.8 Å². The third kappa shape index (κ3) is 4.37. The summed E-state index contributed by atoms with van der Waals surface area (Å²) in [5, 5.41) is 14.2. The van der Waals surface area contributed by atoms with Crippen molar-refractivity contribution in [3.63, 3.8) is 0 Å². The van der Waals surface area contributed by atoms with Gasteiger partial charge in [0, 0.05) is 38.9 Å². The lowest BCUT2D eigenvalue weighted by Gasteiger charge is -2.43. The Hall–Kier alpha value is -2.22. The Morgan fingerprint density at radius 2 is 1.93 bits per heavy atom. The van der Waals surface area contributed by atoms with E-state index < -0.39 is 0 Å². The monoisotopic (exact) mass is 398 g/mol. The zero-order valence-electron chi connectivity index (χ0n) is 17.2. The van der Waals surface area contributed by atoms with Gasteiger partial charge in [-0.05, 0) is 31.4 Å². The van der Waals surface area contributed by atoms with Crippen LogP contribution >= 0.6 is 0 Å². The summed E-state index contributed by atoms with van der Waals surface area (Å²) in [6.07, 6.45) is 1.26. The van der Waals surface area contributed by atoms with Gasteiger partial charge in [-0.1, -0.05) is 30.3 Å². The zero-order valence-corrected chi connectivity index (χ0v) is 17.2. The number of morpholine rings is 1. The third-order valence-electron chi connectivity index (χ3n) is 6.08. The zero-order chi connectivity index (χ0) is 20.4. The van der Waals surface area contributed by atoms with Gasteiger partial charge in [-0.25, -0.2) is 0 Å². The summed E-state index contributed by atoms with van der Waals surface area (Å²) in [5.74, 6) is -0.0510. The molecule has 2 fully saturated rings. The summed E-state index contributed by atoms with van der Waals surface area (Å²) in [4.78, 5) is 17.6. The predicted molar refractivity (Wildman–Crippen MR) is 110 cm³/mol. The Labute approximate surface area is 171 Å². The van der Waals surface area contributed by atoms with Gasteiger partial charge in [0.25, 0.3) is 5.91 Å². The molecule has 2 atom stereocenters. The van der Waals surface area contributed by atoms with E-state index in [2.05, 4.69) is 22.1 Å². The van der Waals surface area contributed by atoms with Crippen molar-refractivity contribution in [2.75, 3.05) is 32.8 Å². The molecule has 156 valence electrons. The second-order valence-electron chi connectivity index (χ2n) is 8.09. The van der Waals surface area contributed by atoms with Crippen molar-refractivity contribution in [1.29, 1.82) is 0 Å². The molecule has 0 bridgehead atoms. The van der Waals surface area contributed by atoms with Gasteiger partial charge >= 0.3 is 0 Å². The standard InChI is InChI=1S/C22H30N4O3/c1-16-14-19(23-24(16)2)22(28)26-12-13-29-20(15-25-10-8-18(27)9-11-25)21(26)17-6-4-3-5-7-17/h3-7,14,18,20-21,27H,8-13,15H2,1-2H3/t20-,21-/m0/s1. The molecule has 2 aliphatic rings. The van der Waals surface area contributed by atoms with Crippen molar-refractivity contribution in [3.8, 4) is 0 Å². The molecule has 4 rings (SSSR count). The minimum Gasteiger partial charge on any atom is -0.393 e. The van der Waals surface area contributed by atoms with E-state index in [1.54, 1.807) is 4.68 Å². The molecule has 1 N–H and O–H groups in total. The summed E-state index contributed by atoms with van der Waals surface area (Å²) >= 11 is 0. The molecule has 0 spiro atoms. The average molecular weight is 399 g/mol. The number of nitrogens with zero attached hydrogens (tertiary/aromatic N) is 4. The molecule has 2 saturated heterocycles. The van der Waals surface area contributed by atoms with E-state index in [4.69, 9.17) is 4.74 Å². The normalized spacial score (nSPS) is 24.0. The SMILES string of the molecule is Cc1cc(C(=O)N2CCO[C@@H](CN3CCC(O)CC3)[C@@H]2c2ccccc2)nn1C. The Bertz CT molecular complexity index is 810. The van der Waals surface area contributed by atoms with Gasteiger partial charge < -0.3 is 19.6 Å². The fourth-order valence-electron chi connectivity index (χ4n) is 4.33. The fourth-order valence-corrected chi connectivity index (χ4v) is 4.33. The van der Waals surface area contributed by atoms with Crippen molar-refractivity contribution in [2.45, 2.75) is 38.0 Å². The maximum absolute atomic E-state index is 13.4. The summed E-state index contributed by atoms with van der Waals surface area (Å²) in [5.41, 5.74) is 2.52. The lowest BCUT2D eigenvalue weighted by molar-refractivity contribution is -0.0772. The van der Waals surface area contributed by atoms with Crippen LogP contribution in [-0.4, -0.2) is 75.6 Å². The van der Waals surface area contributed by atoms with Crippen LogP contribution in [0.25, 0.3) is 0 Å². The predicted octanol–water partition coefficient (Wildman–Crippen LogP) is 1.77. The number of ether oxygens (including phenoxy) is 1. The Balaban J connectivity index is 1.60. The molecule has 0 unspecified atom stereocenters. The van der Waals surface area contributed by atoms with Crippen molar-refractivity contribution < 1.29 is 14.6 Å². The number of hydrogen-bond acceptors (Lipinski definition) is 5. The third-order valence-corrected chi connectivity index (χ3v) is 6.08. The lowest BCUT2D eigenvalue weighted by Crippen LogP contribution is -2.53. The number of hydrogen-bond donors (Lipinski definition) is 1. The minimum absolute atomic E-state index is 0.0510. The van der Waals surface area contributed by atoms with Gasteiger partial charge in [0.05, 0.1) is 24.9 Å². The Kier molecular flexibility index (Phi) is 5.99. The van der Waals surface area contributed by atoms with Crippen LogP contribution in [0.3, 0.4) is 0 Å². The van der Waals surface area contributed by atoms with Gasteiger partial charge in [-0.15, -0.1) is 0 Å². The summed E-state index contributed by atoms with van der Waals surface area (Å²) in [6.45, 7) is 5.47. The van der Waals surface area contributed by atoms with Crippen LogP contribution < -0.4 is 0 Å². The first-order chi connectivity index (χ1) is 14.0. The molecule has 7 heteroatoms.